The van der Waals surface area contributed by atoms with Crippen LogP contribution in [0.25, 0.3) is 0 Å². The summed E-state index contributed by atoms with van der Waals surface area (Å²) in [4.78, 5) is 13.2. The van der Waals surface area contributed by atoms with E-state index in [1.165, 1.54) is 4.90 Å². The summed E-state index contributed by atoms with van der Waals surface area (Å²) in [6.07, 6.45) is 6.04. The lowest BCUT2D eigenvalue weighted by molar-refractivity contribution is -0.131. The lowest BCUT2D eigenvalue weighted by Crippen LogP contribution is -2.41. The van der Waals surface area contributed by atoms with Gasteiger partial charge in [-0.05, 0) is 6.42 Å². The predicted molar refractivity (Wildman–Crippen MR) is 66.0 cm³/mol. The van der Waals surface area contributed by atoms with Gasteiger partial charge in [0.2, 0.25) is 5.91 Å². The molecule has 1 heterocycles. The van der Waals surface area contributed by atoms with Gasteiger partial charge in [-0.15, -0.1) is 6.42 Å². The first-order chi connectivity index (χ1) is 7.50. The van der Waals surface area contributed by atoms with E-state index in [2.05, 4.69) is 21.9 Å². The molecule has 1 aliphatic heterocycles. The SMILES string of the molecule is C#CCN(C(=O)CCBr)C1CCS(=O)(=O)C1. The van der Waals surface area contributed by atoms with Gasteiger partial charge >= 0.3 is 0 Å². The molecule has 1 amide bonds. The summed E-state index contributed by atoms with van der Waals surface area (Å²) < 4.78 is 22.7. The van der Waals surface area contributed by atoms with E-state index in [1.807, 2.05) is 0 Å². The van der Waals surface area contributed by atoms with Crippen molar-refractivity contribution in [1.82, 2.24) is 4.90 Å². The van der Waals surface area contributed by atoms with Gasteiger partial charge in [0.1, 0.15) is 0 Å². The molecular weight excluding hydrogens is 294 g/mol. The van der Waals surface area contributed by atoms with E-state index in [-0.39, 0.29) is 30.0 Å². The van der Waals surface area contributed by atoms with Crippen LogP contribution in [0.15, 0.2) is 0 Å². The van der Waals surface area contributed by atoms with Crippen LogP contribution < -0.4 is 0 Å². The highest BCUT2D eigenvalue weighted by Gasteiger charge is 2.33. The highest BCUT2D eigenvalue weighted by Crippen LogP contribution is 2.18. The first-order valence-electron chi connectivity index (χ1n) is 4.99. The second-order valence-electron chi connectivity index (χ2n) is 3.72. The van der Waals surface area contributed by atoms with E-state index in [4.69, 9.17) is 6.42 Å². The van der Waals surface area contributed by atoms with Crippen molar-refractivity contribution in [3.63, 3.8) is 0 Å². The fourth-order valence-corrected chi connectivity index (χ4v) is 3.83. The first-order valence-corrected chi connectivity index (χ1v) is 7.94. The Morgan fingerprint density at radius 2 is 2.25 bits per heavy atom. The van der Waals surface area contributed by atoms with Gasteiger partial charge in [-0.2, -0.15) is 0 Å². The minimum absolute atomic E-state index is 0.0444. The summed E-state index contributed by atoms with van der Waals surface area (Å²) in [6, 6.07) is -0.243. The van der Waals surface area contributed by atoms with Crippen LogP contribution in [0.4, 0.5) is 0 Å². The fraction of sp³-hybridized carbons (Fsp3) is 0.700. The standard InChI is InChI=1S/C10H14BrNO3S/c1-2-6-12(10(13)3-5-11)9-4-7-16(14,15)8-9/h1,9H,3-8H2. The molecule has 90 valence electrons. The molecule has 4 nitrogen and oxygen atoms in total. The van der Waals surface area contributed by atoms with Gasteiger partial charge in [-0.3, -0.25) is 4.79 Å². The third kappa shape index (κ3) is 3.49. The van der Waals surface area contributed by atoms with Gasteiger partial charge in [-0.25, -0.2) is 8.42 Å². The normalized spacial score (nSPS) is 22.6. The largest absolute Gasteiger partial charge is 0.327 e. The van der Waals surface area contributed by atoms with Gasteiger partial charge in [0, 0.05) is 17.8 Å². The molecule has 0 N–H and O–H groups in total. The molecule has 0 aromatic rings. The predicted octanol–water partition coefficient (Wildman–Crippen LogP) is 0.420. The number of hydrogen-bond donors (Lipinski definition) is 0. The van der Waals surface area contributed by atoms with Crippen LogP contribution in [0.5, 0.6) is 0 Å². The monoisotopic (exact) mass is 307 g/mol. The Balaban J connectivity index is 2.72. The second-order valence-corrected chi connectivity index (χ2v) is 6.74. The molecule has 1 rings (SSSR count). The molecule has 0 aliphatic carbocycles. The van der Waals surface area contributed by atoms with Crippen LogP contribution in [0.1, 0.15) is 12.8 Å². The zero-order chi connectivity index (χ0) is 12.2. The number of terminal acetylenes is 1. The van der Waals surface area contributed by atoms with E-state index in [0.29, 0.717) is 18.2 Å². The Morgan fingerprint density at radius 1 is 1.56 bits per heavy atom. The van der Waals surface area contributed by atoms with Crippen LogP contribution in [-0.4, -0.2) is 48.6 Å². The summed E-state index contributed by atoms with van der Waals surface area (Å²) >= 11 is 3.18. The number of carbonyl (C=O) groups is 1. The van der Waals surface area contributed by atoms with Crippen LogP contribution in [0.3, 0.4) is 0 Å². The molecular formula is C10H14BrNO3S. The van der Waals surface area contributed by atoms with Crippen molar-refractivity contribution in [3.05, 3.63) is 0 Å². The van der Waals surface area contributed by atoms with Crippen molar-refractivity contribution in [2.24, 2.45) is 0 Å². The number of carbonyl (C=O) groups excluding carboxylic acids is 1. The summed E-state index contributed by atoms with van der Waals surface area (Å²) in [6.45, 7) is 0.187. The Hall–Kier alpha value is -0.540. The van der Waals surface area contributed by atoms with Crippen molar-refractivity contribution in [2.75, 3.05) is 23.4 Å². The maximum atomic E-state index is 11.7. The second kappa shape index (κ2) is 5.69. The van der Waals surface area contributed by atoms with Gasteiger partial charge in [0.15, 0.2) is 9.84 Å². The van der Waals surface area contributed by atoms with Crippen LogP contribution in [0.2, 0.25) is 0 Å². The van der Waals surface area contributed by atoms with Crippen LogP contribution in [0, 0.1) is 12.3 Å². The zero-order valence-electron chi connectivity index (χ0n) is 8.86. The van der Waals surface area contributed by atoms with Crippen LogP contribution in [-0.2, 0) is 14.6 Å². The Labute approximate surface area is 104 Å². The number of alkyl halides is 1. The van der Waals surface area contributed by atoms with Crippen LogP contribution >= 0.6 is 15.9 Å². The maximum absolute atomic E-state index is 11.7. The minimum Gasteiger partial charge on any atom is -0.327 e. The number of halogens is 1. The summed E-state index contributed by atoms with van der Waals surface area (Å²) in [7, 11) is -2.98. The van der Waals surface area contributed by atoms with Crippen molar-refractivity contribution in [1.29, 1.82) is 0 Å². The molecule has 6 heteroatoms. The summed E-state index contributed by atoms with van der Waals surface area (Å²) in [5, 5.41) is 0.562. The summed E-state index contributed by atoms with van der Waals surface area (Å²) in [5.41, 5.74) is 0. The van der Waals surface area contributed by atoms with E-state index in [1.54, 1.807) is 0 Å². The van der Waals surface area contributed by atoms with E-state index in [0.717, 1.165) is 0 Å². The zero-order valence-corrected chi connectivity index (χ0v) is 11.3. The van der Waals surface area contributed by atoms with Gasteiger partial charge in [0.05, 0.1) is 18.1 Å². The Bertz CT molecular complexity index is 399. The molecule has 1 aliphatic rings. The molecule has 16 heavy (non-hydrogen) atoms. The summed E-state index contributed by atoms with van der Waals surface area (Å²) in [5.74, 6) is 2.52. The minimum atomic E-state index is -2.98. The van der Waals surface area contributed by atoms with E-state index in [9.17, 15) is 13.2 Å². The fourth-order valence-electron chi connectivity index (χ4n) is 1.76. The molecule has 0 bridgehead atoms. The molecule has 1 atom stereocenters. The molecule has 0 spiro atoms. The highest BCUT2D eigenvalue weighted by atomic mass is 79.9. The van der Waals surface area contributed by atoms with Gasteiger partial charge in [0.25, 0.3) is 0 Å². The topological polar surface area (TPSA) is 54.5 Å². The Morgan fingerprint density at radius 3 is 2.69 bits per heavy atom. The molecule has 0 aromatic heterocycles. The van der Waals surface area contributed by atoms with Gasteiger partial charge in [-0.1, -0.05) is 21.9 Å². The quantitative estimate of drug-likeness (QED) is 0.559. The number of sulfone groups is 1. The number of nitrogens with zero attached hydrogens (tertiary/aromatic N) is 1. The number of hydrogen-bond acceptors (Lipinski definition) is 3. The lowest BCUT2D eigenvalue weighted by atomic mass is 10.2. The number of amides is 1. The first kappa shape index (κ1) is 13.5. The lowest BCUT2D eigenvalue weighted by Gasteiger charge is -2.25. The third-order valence-corrected chi connectivity index (χ3v) is 4.69. The van der Waals surface area contributed by atoms with Gasteiger partial charge < -0.3 is 4.90 Å². The average Bonchev–Trinajstić information content (AvgIpc) is 2.55. The van der Waals surface area contributed by atoms with E-state index < -0.39 is 9.84 Å². The molecule has 0 saturated carbocycles. The molecule has 0 aromatic carbocycles. The van der Waals surface area contributed by atoms with Crippen molar-refractivity contribution in [2.45, 2.75) is 18.9 Å². The smallest absolute Gasteiger partial charge is 0.224 e. The molecule has 1 fully saturated rings. The average molecular weight is 308 g/mol. The van der Waals surface area contributed by atoms with E-state index >= 15 is 0 Å². The highest BCUT2D eigenvalue weighted by molar-refractivity contribution is 9.09. The maximum Gasteiger partial charge on any atom is 0.224 e. The van der Waals surface area contributed by atoms with Crippen molar-refractivity contribution < 1.29 is 13.2 Å². The molecule has 0 radical (unpaired) electrons. The van der Waals surface area contributed by atoms with Crippen molar-refractivity contribution >= 4 is 31.7 Å². The molecule has 1 saturated heterocycles. The number of rotatable bonds is 4. The Kier molecular flexibility index (Phi) is 4.81. The van der Waals surface area contributed by atoms with Crippen molar-refractivity contribution in [3.8, 4) is 12.3 Å². The third-order valence-electron chi connectivity index (χ3n) is 2.54. The molecule has 1 unspecified atom stereocenters.